The van der Waals surface area contributed by atoms with Crippen LogP contribution in [0.4, 0.5) is 5.95 Å². The number of nitrogens with zero attached hydrogens (tertiary/aromatic N) is 5. The Morgan fingerprint density at radius 2 is 1.47 bits per heavy atom. The average Bonchev–Trinajstić information content (AvgIpc) is 3.17. The van der Waals surface area contributed by atoms with Gasteiger partial charge < -0.3 is 4.90 Å². The van der Waals surface area contributed by atoms with Gasteiger partial charge in [0.05, 0.1) is 22.7 Å². The lowest BCUT2D eigenvalue weighted by molar-refractivity contribution is 0.0582. The lowest BCUT2D eigenvalue weighted by atomic mass is 10.1. The number of hydrogen-bond donors (Lipinski definition) is 0. The third-order valence-corrected chi connectivity index (χ3v) is 6.65. The molecule has 0 N–H and O–H groups in total. The van der Waals surface area contributed by atoms with E-state index in [1.54, 1.807) is 24.3 Å². The highest BCUT2D eigenvalue weighted by molar-refractivity contribution is 6.67. The van der Waals surface area contributed by atoms with Crippen molar-refractivity contribution in [2.24, 2.45) is 0 Å². The first-order valence-corrected chi connectivity index (χ1v) is 12.1. The summed E-state index contributed by atoms with van der Waals surface area (Å²) in [5.74, 6) is 0.00994. The third kappa shape index (κ3) is 4.91. The quantitative estimate of drug-likeness (QED) is 0.362. The van der Waals surface area contributed by atoms with Crippen LogP contribution >= 0.6 is 11.6 Å². The van der Waals surface area contributed by atoms with Gasteiger partial charge >= 0.3 is 0 Å². The van der Waals surface area contributed by atoms with Crippen LogP contribution in [0.15, 0.2) is 73.1 Å². The Hall–Kier alpha value is -3.88. The minimum atomic E-state index is -0.589. The zero-order valence-corrected chi connectivity index (χ0v) is 20.2. The fraction of sp³-hybridized carbons (Fsp3) is 0.222. The van der Waals surface area contributed by atoms with Gasteiger partial charge in [-0.3, -0.25) is 24.2 Å². The number of hydrogen-bond acceptors (Lipinski definition) is 7. The molecule has 2 aliphatic rings. The van der Waals surface area contributed by atoms with E-state index in [9.17, 15) is 14.4 Å². The first-order valence-electron chi connectivity index (χ1n) is 11.7. The van der Waals surface area contributed by atoms with Crippen LogP contribution in [0, 0.1) is 0 Å². The number of benzene rings is 2. The van der Waals surface area contributed by atoms with Crippen molar-refractivity contribution in [2.45, 2.75) is 6.04 Å². The van der Waals surface area contributed by atoms with Crippen molar-refractivity contribution in [1.82, 2.24) is 19.8 Å². The van der Waals surface area contributed by atoms with Gasteiger partial charge in [-0.25, -0.2) is 9.97 Å². The molecule has 8 nitrogen and oxygen atoms in total. The van der Waals surface area contributed by atoms with Crippen LogP contribution in [0.5, 0.6) is 0 Å². The van der Waals surface area contributed by atoms with E-state index in [-0.39, 0.29) is 17.4 Å². The van der Waals surface area contributed by atoms with E-state index < -0.39 is 11.3 Å². The molecule has 1 unspecified atom stereocenters. The minimum absolute atomic E-state index is 0.257. The molecule has 0 bridgehead atoms. The number of imide groups is 1. The van der Waals surface area contributed by atoms with Gasteiger partial charge in [0, 0.05) is 45.1 Å². The van der Waals surface area contributed by atoms with Crippen LogP contribution in [0.3, 0.4) is 0 Å². The van der Waals surface area contributed by atoms with Crippen LogP contribution in [0.25, 0.3) is 6.08 Å². The number of carbonyl (C=O) groups is 3. The molecule has 2 aliphatic heterocycles. The van der Waals surface area contributed by atoms with Gasteiger partial charge in [-0.05, 0) is 29.3 Å². The Balaban J connectivity index is 1.31. The number of rotatable bonds is 7. The summed E-state index contributed by atoms with van der Waals surface area (Å²) in [7, 11) is 0. The number of fused-ring (bicyclic) bond motifs is 1. The van der Waals surface area contributed by atoms with Crippen molar-refractivity contribution in [3.63, 3.8) is 0 Å². The molecule has 3 heterocycles. The summed E-state index contributed by atoms with van der Waals surface area (Å²) in [6.07, 6.45) is 6.75. The van der Waals surface area contributed by atoms with E-state index in [0.29, 0.717) is 49.8 Å². The predicted octanol–water partition coefficient (Wildman–Crippen LogP) is 3.36. The predicted molar refractivity (Wildman–Crippen MR) is 137 cm³/mol. The molecule has 0 radical (unpaired) electrons. The molecule has 0 spiro atoms. The van der Waals surface area contributed by atoms with Gasteiger partial charge in [0.25, 0.3) is 17.1 Å². The van der Waals surface area contributed by atoms with E-state index >= 15 is 0 Å². The second-order valence-electron chi connectivity index (χ2n) is 8.70. The van der Waals surface area contributed by atoms with Crippen LogP contribution in [-0.4, -0.2) is 75.6 Å². The minimum Gasteiger partial charge on any atom is -0.338 e. The van der Waals surface area contributed by atoms with Crippen molar-refractivity contribution in [3.05, 3.63) is 95.3 Å². The summed E-state index contributed by atoms with van der Waals surface area (Å²) in [6, 6.07) is 16.4. The fourth-order valence-electron chi connectivity index (χ4n) is 4.51. The number of aromatic nitrogens is 2. The average molecular weight is 502 g/mol. The highest BCUT2D eigenvalue weighted by Gasteiger charge is 2.39. The topological polar surface area (TPSA) is 86.7 Å². The largest absolute Gasteiger partial charge is 0.338 e. The van der Waals surface area contributed by atoms with Gasteiger partial charge in [-0.15, -0.1) is 0 Å². The lowest BCUT2D eigenvalue weighted by Crippen LogP contribution is -2.52. The van der Waals surface area contributed by atoms with Crippen LogP contribution in [-0.2, 0) is 0 Å². The molecule has 0 aliphatic carbocycles. The molecular formula is C27H24ClN5O3. The second kappa shape index (κ2) is 10.4. The Labute approximate surface area is 213 Å². The number of amides is 2. The first kappa shape index (κ1) is 23.8. The van der Waals surface area contributed by atoms with E-state index in [4.69, 9.17) is 11.6 Å². The monoisotopic (exact) mass is 501 g/mol. The van der Waals surface area contributed by atoms with Crippen molar-refractivity contribution in [1.29, 1.82) is 0 Å². The number of anilines is 1. The summed E-state index contributed by atoms with van der Waals surface area (Å²) >= 11 is 5.48. The van der Waals surface area contributed by atoms with E-state index in [2.05, 4.69) is 14.9 Å². The van der Waals surface area contributed by atoms with E-state index in [1.165, 1.54) is 17.3 Å². The highest BCUT2D eigenvalue weighted by Crippen LogP contribution is 2.26. The highest BCUT2D eigenvalue weighted by atomic mass is 35.5. The first-order chi connectivity index (χ1) is 17.5. The van der Waals surface area contributed by atoms with Crippen LogP contribution in [0.2, 0.25) is 0 Å². The van der Waals surface area contributed by atoms with Crippen molar-refractivity contribution in [2.75, 3.05) is 37.6 Å². The summed E-state index contributed by atoms with van der Waals surface area (Å²) in [6.45, 7) is 3.27. The van der Waals surface area contributed by atoms with E-state index in [0.717, 1.165) is 5.56 Å². The van der Waals surface area contributed by atoms with Gasteiger partial charge in [-0.2, -0.15) is 0 Å². The van der Waals surface area contributed by atoms with Gasteiger partial charge in [0.1, 0.15) is 0 Å². The Morgan fingerprint density at radius 1 is 0.889 bits per heavy atom. The maximum Gasteiger partial charge on any atom is 0.262 e. The zero-order valence-electron chi connectivity index (χ0n) is 19.5. The molecule has 36 heavy (non-hydrogen) atoms. The molecule has 1 saturated heterocycles. The molecule has 182 valence electrons. The number of piperazine rings is 1. The molecular weight excluding hydrogens is 478 g/mol. The zero-order chi connectivity index (χ0) is 25.1. The molecule has 2 aromatic carbocycles. The number of halogens is 1. The van der Waals surface area contributed by atoms with Crippen molar-refractivity contribution >= 4 is 40.7 Å². The molecule has 1 atom stereocenters. The summed E-state index contributed by atoms with van der Waals surface area (Å²) in [5.41, 5.74) is 2.15. The Kier molecular flexibility index (Phi) is 6.88. The standard InChI is InChI=1S/C27H24ClN5O3/c28-24(34)20-16-29-27(30-17-20)32-14-12-31(13-15-32)18-21(11-10-19-6-2-1-3-7-19)33-25(35)22-8-4-5-9-23(22)26(33)36/h1-11,16-17,21H,12-15,18H2/b11-10+. The molecule has 1 fully saturated rings. The maximum absolute atomic E-state index is 13.2. The van der Waals surface area contributed by atoms with Crippen molar-refractivity contribution in [3.8, 4) is 0 Å². The second-order valence-corrected chi connectivity index (χ2v) is 9.04. The number of carbonyl (C=O) groups excluding carboxylic acids is 3. The smallest absolute Gasteiger partial charge is 0.262 e. The molecule has 0 saturated carbocycles. The summed E-state index contributed by atoms with van der Waals surface area (Å²) < 4.78 is 0. The van der Waals surface area contributed by atoms with E-state index in [1.807, 2.05) is 47.4 Å². The Bertz CT molecular complexity index is 1270. The Morgan fingerprint density at radius 3 is 2.06 bits per heavy atom. The molecule has 3 aromatic rings. The summed E-state index contributed by atoms with van der Waals surface area (Å²) in [4.78, 5) is 51.8. The third-order valence-electron chi connectivity index (χ3n) is 6.43. The SMILES string of the molecule is O=C(Cl)c1cnc(N2CCN(CC(/C=C/c3ccccc3)N3C(=O)c4ccccc4C3=O)CC2)nc1. The molecule has 2 amide bonds. The normalized spacial score (nSPS) is 17.0. The maximum atomic E-state index is 13.2. The van der Waals surface area contributed by atoms with Gasteiger partial charge in [0.15, 0.2) is 0 Å². The van der Waals surface area contributed by atoms with Gasteiger partial charge in [-0.1, -0.05) is 54.6 Å². The van der Waals surface area contributed by atoms with Crippen LogP contribution in [0.1, 0.15) is 36.6 Å². The molecule has 9 heteroatoms. The van der Waals surface area contributed by atoms with Crippen LogP contribution < -0.4 is 4.90 Å². The fourth-order valence-corrected chi connectivity index (χ4v) is 4.60. The summed E-state index contributed by atoms with van der Waals surface area (Å²) in [5, 5.41) is -0.589. The van der Waals surface area contributed by atoms with Crippen molar-refractivity contribution < 1.29 is 14.4 Å². The van der Waals surface area contributed by atoms with Gasteiger partial charge in [0.2, 0.25) is 5.95 Å². The lowest BCUT2D eigenvalue weighted by Gasteiger charge is -2.37. The molecule has 5 rings (SSSR count). The molecule has 1 aromatic heterocycles.